The van der Waals surface area contributed by atoms with E-state index in [4.69, 9.17) is 15.7 Å². The number of nitrogens with two attached hydrogens (primary N) is 1. The molecule has 0 saturated carbocycles. The number of amidine groups is 1. The van der Waals surface area contributed by atoms with E-state index in [0.717, 1.165) is 31.7 Å². The highest BCUT2D eigenvalue weighted by molar-refractivity contribution is 5.96. The highest BCUT2D eigenvalue weighted by Gasteiger charge is 2.02. The first-order valence-electron chi connectivity index (χ1n) is 5.91. The molecule has 3 N–H and O–H groups in total. The number of methoxy groups -OCH3 is 1. The molecule has 0 aliphatic rings. The van der Waals surface area contributed by atoms with Gasteiger partial charge in [-0.25, -0.2) is 0 Å². The van der Waals surface area contributed by atoms with E-state index in [0.29, 0.717) is 0 Å². The SMILES string of the molecule is COCCCN(C)Cc1ccc(C(N)=NO)cc1. The maximum Gasteiger partial charge on any atom is 0.170 e. The summed E-state index contributed by atoms with van der Waals surface area (Å²) >= 11 is 0. The van der Waals surface area contributed by atoms with Gasteiger partial charge in [-0.05, 0) is 19.0 Å². The van der Waals surface area contributed by atoms with Crippen LogP contribution in [-0.4, -0.2) is 43.3 Å². The van der Waals surface area contributed by atoms with Gasteiger partial charge in [-0.1, -0.05) is 29.4 Å². The fourth-order valence-corrected chi connectivity index (χ4v) is 1.71. The summed E-state index contributed by atoms with van der Waals surface area (Å²) in [4.78, 5) is 2.23. The molecule has 0 saturated heterocycles. The first kappa shape index (κ1) is 14.5. The Hall–Kier alpha value is -1.59. The third-order valence-corrected chi connectivity index (χ3v) is 2.70. The van der Waals surface area contributed by atoms with E-state index in [1.54, 1.807) is 7.11 Å². The van der Waals surface area contributed by atoms with E-state index in [-0.39, 0.29) is 5.84 Å². The average Bonchev–Trinajstić information content (AvgIpc) is 2.39. The molecule has 0 spiro atoms. The molecule has 0 fully saturated rings. The van der Waals surface area contributed by atoms with Gasteiger partial charge in [0.25, 0.3) is 0 Å². The lowest BCUT2D eigenvalue weighted by Crippen LogP contribution is -2.20. The van der Waals surface area contributed by atoms with Crippen LogP contribution in [0.1, 0.15) is 17.5 Å². The highest BCUT2D eigenvalue weighted by atomic mass is 16.5. The maximum absolute atomic E-state index is 8.57. The lowest BCUT2D eigenvalue weighted by atomic mass is 10.1. The molecule has 0 aliphatic carbocycles. The monoisotopic (exact) mass is 251 g/mol. The number of benzene rings is 1. The van der Waals surface area contributed by atoms with E-state index in [2.05, 4.69) is 17.1 Å². The third-order valence-electron chi connectivity index (χ3n) is 2.70. The van der Waals surface area contributed by atoms with Gasteiger partial charge in [-0.15, -0.1) is 0 Å². The van der Waals surface area contributed by atoms with E-state index in [1.165, 1.54) is 5.56 Å². The van der Waals surface area contributed by atoms with Gasteiger partial charge >= 0.3 is 0 Å². The molecule has 18 heavy (non-hydrogen) atoms. The number of oxime groups is 1. The quantitative estimate of drug-likeness (QED) is 0.251. The second-order valence-corrected chi connectivity index (χ2v) is 4.27. The van der Waals surface area contributed by atoms with Crippen molar-refractivity contribution in [3.8, 4) is 0 Å². The minimum atomic E-state index is 0.134. The summed E-state index contributed by atoms with van der Waals surface area (Å²) in [5, 5.41) is 11.5. The van der Waals surface area contributed by atoms with Gasteiger partial charge in [0.1, 0.15) is 0 Å². The lowest BCUT2D eigenvalue weighted by Gasteiger charge is -2.16. The predicted octanol–water partition coefficient (Wildman–Crippen LogP) is 1.25. The molecule has 1 aromatic rings. The summed E-state index contributed by atoms with van der Waals surface area (Å²) < 4.78 is 5.02. The molecule has 0 bridgehead atoms. The zero-order chi connectivity index (χ0) is 13.4. The second-order valence-electron chi connectivity index (χ2n) is 4.27. The van der Waals surface area contributed by atoms with Gasteiger partial charge in [0.15, 0.2) is 5.84 Å². The van der Waals surface area contributed by atoms with E-state index in [9.17, 15) is 0 Å². The van der Waals surface area contributed by atoms with E-state index >= 15 is 0 Å². The first-order chi connectivity index (χ1) is 8.67. The normalized spacial score (nSPS) is 12.1. The predicted molar refractivity (Wildman–Crippen MR) is 71.8 cm³/mol. The van der Waals surface area contributed by atoms with Crippen LogP contribution in [0.2, 0.25) is 0 Å². The molecular formula is C13H21N3O2. The molecule has 0 heterocycles. The van der Waals surface area contributed by atoms with Crippen molar-refractivity contribution in [1.82, 2.24) is 4.90 Å². The zero-order valence-electron chi connectivity index (χ0n) is 11.0. The number of hydrogen-bond donors (Lipinski definition) is 2. The standard InChI is InChI=1S/C13H21N3O2/c1-16(8-3-9-18-2)10-11-4-6-12(7-5-11)13(14)15-17/h4-7,17H,3,8-10H2,1-2H3,(H2,14,15). The van der Waals surface area contributed by atoms with Gasteiger partial charge in [-0.2, -0.15) is 0 Å². The summed E-state index contributed by atoms with van der Waals surface area (Å²) in [6.07, 6.45) is 1.02. The molecule has 100 valence electrons. The fourth-order valence-electron chi connectivity index (χ4n) is 1.71. The van der Waals surface area contributed by atoms with Crippen LogP contribution in [0.3, 0.4) is 0 Å². The van der Waals surface area contributed by atoms with Gasteiger partial charge in [-0.3, -0.25) is 0 Å². The molecule has 0 unspecified atom stereocenters. The summed E-state index contributed by atoms with van der Waals surface area (Å²) in [6.45, 7) is 2.66. The summed E-state index contributed by atoms with van der Waals surface area (Å²) in [7, 11) is 3.79. The van der Waals surface area contributed by atoms with Crippen molar-refractivity contribution in [1.29, 1.82) is 0 Å². The zero-order valence-corrected chi connectivity index (χ0v) is 11.0. The summed E-state index contributed by atoms with van der Waals surface area (Å²) in [5.74, 6) is 0.134. The van der Waals surface area contributed by atoms with Crippen LogP contribution in [0.15, 0.2) is 29.4 Å². The second kappa shape index (κ2) is 7.68. The van der Waals surface area contributed by atoms with Crippen molar-refractivity contribution in [2.75, 3.05) is 27.3 Å². The third kappa shape index (κ3) is 4.73. The Morgan fingerprint density at radius 2 is 2.06 bits per heavy atom. The van der Waals surface area contributed by atoms with Crippen LogP contribution >= 0.6 is 0 Å². The van der Waals surface area contributed by atoms with Gasteiger partial charge in [0.05, 0.1) is 0 Å². The maximum atomic E-state index is 8.57. The molecule has 0 radical (unpaired) electrons. The van der Waals surface area contributed by atoms with E-state index in [1.807, 2.05) is 24.3 Å². The van der Waals surface area contributed by atoms with E-state index < -0.39 is 0 Å². The molecule has 0 aliphatic heterocycles. The molecular weight excluding hydrogens is 230 g/mol. The first-order valence-corrected chi connectivity index (χ1v) is 5.91. The van der Waals surface area contributed by atoms with Gasteiger partial charge in [0, 0.05) is 32.4 Å². The van der Waals surface area contributed by atoms with Crippen molar-refractivity contribution >= 4 is 5.84 Å². The van der Waals surface area contributed by atoms with Gasteiger partial charge < -0.3 is 20.6 Å². The number of nitrogens with zero attached hydrogens (tertiary/aromatic N) is 2. The summed E-state index contributed by atoms with van der Waals surface area (Å²) in [6, 6.07) is 7.68. The topological polar surface area (TPSA) is 71.1 Å². The Morgan fingerprint density at radius 1 is 1.39 bits per heavy atom. The Morgan fingerprint density at radius 3 is 2.61 bits per heavy atom. The van der Waals surface area contributed by atoms with Crippen LogP contribution in [0.25, 0.3) is 0 Å². The van der Waals surface area contributed by atoms with Crippen molar-refractivity contribution in [2.24, 2.45) is 10.9 Å². The van der Waals surface area contributed by atoms with Crippen LogP contribution in [-0.2, 0) is 11.3 Å². The number of ether oxygens (including phenoxy) is 1. The molecule has 0 aromatic heterocycles. The summed E-state index contributed by atoms with van der Waals surface area (Å²) in [5.41, 5.74) is 7.43. The van der Waals surface area contributed by atoms with Crippen molar-refractivity contribution in [3.63, 3.8) is 0 Å². The number of hydrogen-bond acceptors (Lipinski definition) is 4. The molecule has 1 aromatic carbocycles. The molecule has 1 rings (SSSR count). The number of rotatable bonds is 7. The molecule has 0 atom stereocenters. The fraction of sp³-hybridized carbons (Fsp3) is 0.462. The minimum absolute atomic E-state index is 0.134. The van der Waals surface area contributed by atoms with Crippen molar-refractivity contribution in [2.45, 2.75) is 13.0 Å². The Balaban J connectivity index is 2.48. The highest BCUT2D eigenvalue weighted by Crippen LogP contribution is 2.07. The van der Waals surface area contributed by atoms with Crippen LogP contribution in [0.4, 0.5) is 0 Å². The van der Waals surface area contributed by atoms with Crippen molar-refractivity contribution < 1.29 is 9.94 Å². The van der Waals surface area contributed by atoms with Crippen molar-refractivity contribution in [3.05, 3.63) is 35.4 Å². The lowest BCUT2D eigenvalue weighted by molar-refractivity contribution is 0.178. The minimum Gasteiger partial charge on any atom is -0.409 e. The Bertz CT molecular complexity index is 376. The Kier molecular flexibility index (Phi) is 6.18. The Labute approximate surface area is 108 Å². The smallest absolute Gasteiger partial charge is 0.170 e. The van der Waals surface area contributed by atoms with Crippen LogP contribution < -0.4 is 5.73 Å². The average molecular weight is 251 g/mol. The molecule has 5 nitrogen and oxygen atoms in total. The van der Waals surface area contributed by atoms with Crippen LogP contribution in [0.5, 0.6) is 0 Å². The molecule has 5 heteroatoms. The van der Waals surface area contributed by atoms with Gasteiger partial charge in [0.2, 0.25) is 0 Å². The van der Waals surface area contributed by atoms with Crippen LogP contribution in [0, 0.1) is 0 Å². The molecule has 0 amide bonds. The largest absolute Gasteiger partial charge is 0.409 e.